The molecule has 12 nitrogen and oxygen atoms in total. The smallest absolute Gasteiger partial charge is 0.318 e. The molecule has 1 saturated heterocycles. The second-order valence-electron chi connectivity index (χ2n) is 11.0. The molecule has 6 rings (SSSR count). The van der Waals surface area contributed by atoms with Gasteiger partial charge < -0.3 is 20.3 Å². The predicted molar refractivity (Wildman–Crippen MR) is 131 cm³/mol. The summed E-state index contributed by atoms with van der Waals surface area (Å²) in [6.45, 7) is -1.65. The standard InChI is InChI=1S/C25H28F4N8O4/c1-40-10-17(36-12-25(28,29)11-30-23(36)39)15-6-18-32-16(9-37(18)31-8-15)19(14-4-5-24(26,27)7-14)33-22(38)21-20(13-2-3-13)34-41-35-21/h6,8-9,13-14,17,19H,2-5,7,10-12H2,1H3,(H,30,39)(H,33,38). The van der Waals surface area contributed by atoms with E-state index in [1.54, 1.807) is 6.07 Å². The number of nitrogens with one attached hydrogen (secondary N) is 2. The molecule has 4 heterocycles. The number of alkyl halides is 4. The fourth-order valence-electron chi connectivity index (χ4n) is 5.59. The van der Waals surface area contributed by atoms with Crippen LogP contribution in [0.2, 0.25) is 0 Å². The highest BCUT2D eigenvalue weighted by atomic mass is 19.3. The van der Waals surface area contributed by atoms with Gasteiger partial charge in [0.2, 0.25) is 5.92 Å². The molecule has 0 spiro atoms. The molecule has 3 amide bonds. The maximum Gasteiger partial charge on any atom is 0.318 e. The molecular weight excluding hydrogens is 552 g/mol. The summed E-state index contributed by atoms with van der Waals surface area (Å²) in [6, 6.07) is -0.894. The van der Waals surface area contributed by atoms with Gasteiger partial charge >= 0.3 is 6.03 Å². The van der Waals surface area contributed by atoms with Gasteiger partial charge in [-0.3, -0.25) is 4.79 Å². The summed E-state index contributed by atoms with van der Waals surface area (Å²) in [6.07, 6.45) is 4.04. The lowest BCUT2D eigenvalue weighted by Crippen LogP contribution is -2.58. The second kappa shape index (κ2) is 10.2. The molecule has 3 aromatic rings. The minimum atomic E-state index is -3.13. The van der Waals surface area contributed by atoms with E-state index in [1.807, 2.05) is 0 Å². The van der Waals surface area contributed by atoms with E-state index in [9.17, 15) is 27.2 Å². The van der Waals surface area contributed by atoms with Gasteiger partial charge in [-0.2, -0.15) is 5.10 Å². The van der Waals surface area contributed by atoms with Crippen molar-refractivity contribution in [2.45, 2.75) is 62.0 Å². The number of hydrogen-bond donors (Lipinski definition) is 2. The summed E-state index contributed by atoms with van der Waals surface area (Å²) >= 11 is 0. The van der Waals surface area contributed by atoms with Gasteiger partial charge in [-0.05, 0) is 36.4 Å². The molecule has 2 saturated carbocycles. The van der Waals surface area contributed by atoms with Crippen molar-refractivity contribution in [2.75, 3.05) is 26.8 Å². The van der Waals surface area contributed by atoms with E-state index in [0.717, 1.165) is 17.7 Å². The number of ether oxygens (including phenoxy) is 1. The molecule has 2 N–H and O–H groups in total. The Morgan fingerprint density at radius 1 is 1.24 bits per heavy atom. The Bertz CT molecular complexity index is 1460. The van der Waals surface area contributed by atoms with Crippen LogP contribution >= 0.6 is 0 Å². The molecule has 0 bridgehead atoms. The first-order valence-electron chi connectivity index (χ1n) is 13.3. The lowest BCUT2D eigenvalue weighted by atomic mass is 9.95. The van der Waals surface area contributed by atoms with Crippen LogP contribution in [0.15, 0.2) is 23.1 Å². The van der Waals surface area contributed by atoms with Gasteiger partial charge in [-0.1, -0.05) is 5.16 Å². The fourth-order valence-corrected chi connectivity index (χ4v) is 5.59. The first kappa shape index (κ1) is 27.4. The second-order valence-corrected chi connectivity index (χ2v) is 11.0. The monoisotopic (exact) mass is 580 g/mol. The van der Waals surface area contributed by atoms with E-state index in [1.165, 1.54) is 24.0 Å². The number of fused-ring (bicyclic) bond motifs is 1. The van der Waals surface area contributed by atoms with E-state index in [2.05, 4.69) is 31.0 Å². The Kier molecular flexibility index (Phi) is 6.82. The van der Waals surface area contributed by atoms with Crippen molar-refractivity contribution in [2.24, 2.45) is 5.92 Å². The van der Waals surface area contributed by atoms with Gasteiger partial charge in [0.1, 0.15) is 5.69 Å². The first-order valence-corrected chi connectivity index (χ1v) is 13.3. The molecule has 220 valence electrons. The summed E-state index contributed by atoms with van der Waals surface area (Å²) in [7, 11) is 1.39. The SMILES string of the molecule is COCC(c1cnn2cc(C(NC(=O)c3nonc3C3CC3)C3CCC(F)(F)C3)nc2c1)N1CC(F)(F)CNC1=O. The van der Waals surface area contributed by atoms with Crippen molar-refractivity contribution >= 4 is 17.6 Å². The van der Waals surface area contributed by atoms with Crippen LogP contribution in [0, 0.1) is 5.92 Å². The molecule has 41 heavy (non-hydrogen) atoms. The van der Waals surface area contributed by atoms with E-state index < -0.39 is 61.3 Å². The van der Waals surface area contributed by atoms with Crippen molar-refractivity contribution in [1.29, 1.82) is 0 Å². The van der Waals surface area contributed by atoms with Crippen LogP contribution in [-0.4, -0.2) is 80.4 Å². The summed E-state index contributed by atoms with van der Waals surface area (Å²) in [5, 5.41) is 16.9. The summed E-state index contributed by atoms with van der Waals surface area (Å²) in [5.41, 5.74) is 1.41. The highest BCUT2D eigenvalue weighted by Gasteiger charge is 2.45. The minimum Gasteiger partial charge on any atom is -0.382 e. The van der Waals surface area contributed by atoms with Crippen molar-refractivity contribution in [1.82, 2.24) is 40.4 Å². The van der Waals surface area contributed by atoms with Gasteiger partial charge in [-0.25, -0.2) is 36.5 Å². The first-order chi connectivity index (χ1) is 19.5. The van der Waals surface area contributed by atoms with Gasteiger partial charge in [-0.15, -0.1) is 0 Å². The van der Waals surface area contributed by atoms with E-state index in [0.29, 0.717) is 17.0 Å². The molecule has 16 heteroatoms. The number of nitrogens with zero attached hydrogens (tertiary/aromatic N) is 6. The van der Waals surface area contributed by atoms with Crippen molar-refractivity contribution < 1.29 is 36.5 Å². The largest absolute Gasteiger partial charge is 0.382 e. The van der Waals surface area contributed by atoms with E-state index in [4.69, 9.17) is 9.37 Å². The average Bonchev–Trinajstić information content (AvgIpc) is 3.32. The molecule has 3 aromatic heterocycles. The third-order valence-electron chi connectivity index (χ3n) is 7.82. The number of hydrogen-bond acceptors (Lipinski definition) is 8. The number of methoxy groups -OCH3 is 1. The van der Waals surface area contributed by atoms with Crippen molar-refractivity contribution in [3.05, 3.63) is 41.1 Å². The topological polar surface area (TPSA) is 140 Å². The Morgan fingerprint density at radius 3 is 2.76 bits per heavy atom. The number of urea groups is 1. The van der Waals surface area contributed by atoms with Crippen molar-refractivity contribution in [3.8, 4) is 0 Å². The van der Waals surface area contributed by atoms with E-state index in [-0.39, 0.29) is 36.7 Å². The average molecular weight is 581 g/mol. The summed E-state index contributed by atoms with van der Waals surface area (Å²) < 4.78 is 68.2. The third-order valence-corrected chi connectivity index (χ3v) is 7.82. The zero-order chi connectivity index (χ0) is 28.9. The van der Waals surface area contributed by atoms with E-state index >= 15 is 0 Å². The normalized spacial score (nSPS) is 23.4. The number of carbonyl (C=O) groups is 2. The Morgan fingerprint density at radius 2 is 2.05 bits per heavy atom. The zero-order valence-corrected chi connectivity index (χ0v) is 22.0. The molecule has 3 unspecified atom stereocenters. The lowest BCUT2D eigenvalue weighted by Gasteiger charge is -2.38. The molecule has 1 aliphatic heterocycles. The van der Waals surface area contributed by atoms with Gasteiger partial charge in [0.15, 0.2) is 11.3 Å². The Hall–Kier alpha value is -3.82. The summed E-state index contributed by atoms with van der Waals surface area (Å²) in [4.78, 5) is 31.2. The van der Waals surface area contributed by atoms with Crippen LogP contribution in [-0.2, 0) is 4.74 Å². The Labute approximate surface area is 230 Å². The van der Waals surface area contributed by atoms with Gasteiger partial charge in [0.25, 0.3) is 11.8 Å². The van der Waals surface area contributed by atoms with Crippen LogP contribution in [0.3, 0.4) is 0 Å². The molecule has 0 aromatic carbocycles. The van der Waals surface area contributed by atoms with Crippen molar-refractivity contribution in [3.63, 3.8) is 0 Å². The third kappa shape index (κ3) is 5.56. The number of imidazole rings is 1. The number of carbonyl (C=O) groups excluding carboxylic acids is 2. The minimum absolute atomic E-state index is 0.0189. The number of halogens is 4. The molecule has 3 fully saturated rings. The van der Waals surface area contributed by atoms with Gasteiger partial charge in [0, 0.05) is 31.4 Å². The summed E-state index contributed by atoms with van der Waals surface area (Å²) in [5.74, 6) is -7.15. The number of amides is 3. The maximum atomic E-state index is 14.3. The highest BCUT2D eigenvalue weighted by molar-refractivity contribution is 5.93. The maximum absolute atomic E-state index is 14.3. The molecule has 3 atom stereocenters. The number of rotatable bonds is 9. The van der Waals surface area contributed by atoms with Crippen LogP contribution in [0.25, 0.3) is 5.65 Å². The molecule has 3 aliphatic rings. The highest BCUT2D eigenvalue weighted by Crippen LogP contribution is 2.45. The molecule has 0 radical (unpaired) electrons. The zero-order valence-electron chi connectivity index (χ0n) is 22.0. The van der Waals surface area contributed by atoms with Gasteiger partial charge in [0.05, 0.1) is 49.9 Å². The lowest BCUT2D eigenvalue weighted by molar-refractivity contribution is -0.0509. The number of aromatic nitrogens is 5. The quantitative estimate of drug-likeness (QED) is 0.368. The molecular formula is C25H28F4N8O4. The van der Waals surface area contributed by atoms with Crippen LogP contribution in [0.1, 0.15) is 77.5 Å². The van der Waals surface area contributed by atoms with Crippen LogP contribution in [0.4, 0.5) is 22.4 Å². The predicted octanol–water partition coefficient (Wildman–Crippen LogP) is 3.24. The molecule has 2 aliphatic carbocycles. The van der Waals surface area contributed by atoms with Crippen LogP contribution in [0.5, 0.6) is 0 Å². The van der Waals surface area contributed by atoms with Crippen LogP contribution < -0.4 is 10.6 Å². The Balaban J connectivity index is 1.31. The fraction of sp³-hybridized carbons (Fsp3) is 0.600.